The summed E-state index contributed by atoms with van der Waals surface area (Å²) in [5.74, 6) is 0.631. The summed E-state index contributed by atoms with van der Waals surface area (Å²) in [6.45, 7) is 3.79. The predicted octanol–water partition coefficient (Wildman–Crippen LogP) is 3.90. The topological polar surface area (TPSA) is 18.5 Å². The molecule has 0 spiro atoms. The van der Waals surface area contributed by atoms with E-state index >= 15 is 0 Å². The Bertz CT molecular complexity index is 373. The van der Waals surface area contributed by atoms with E-state index in [0.717, 1.165) is 0 Å². The van der Waals surface area contributed by atoms with Crippen LogP contribution in [0, 0.1) is 0 Å². The highest BCUT2D eigenvalue weighted by atomic mass is 19.4. The lowest BCUT2D eigenvalue weighted by molar-refractivity contribution is -0.181. The van der Waals surface area contributed by atoms with Crippen LogP contribution in [0.1, 0.15) is 25.8 Å². The summed E-state index contributed by atoms with van der Waals surface area (Å²) >= 11 is 0. The molecule has 0 aromatic heterocycles. The maximum absolute atomic E-state index is 12.5. The summed E-state index contributed by atoms with van der Waals surface area (Å²) in [4.78, 5) is 0. The average molecular weight is 262 g/mol. The van der Waals surface area contributed by atoms with Gasteiger partial charge in [0.25, 0.3) is 0 Å². The van der Waals surface area contributed by atoms with Crippen LogP contribution < -0.4 is 4.74 Å². The number of alkyl halides is 3. The monoisotopic (exact) mass is 262 g/mol. The summed E-state index contributed by atoms with van der Waals surface area (Å²) in [5.41, 5.74) is -0.894. The largest absolute Gasteiger partial charge is 0.494 e. The van der Waals surface area contributed by atoms with Crippen LogP contribution >= 0.6 is 0 Å². The quantitative estimate of drug-likeness (QED) is 0.801. The van der Waals surface area contributed by atoms with Crippen LogP contribution in [0.15, 0.2) is 24.3 Å². The zero-order chi connectivity index (χ0) is 13.8. The third-order valence-corrected chi connectivity index (χ3v) is 2.76. The smallest absolute Gasteiger partial charge is 0.392 e. The van der Waals surface area contributed by atoms with Gasteiger partial charge in [0.1, 0.15) is 5.75 Å². The van der Waals surface area contributed by atoms with E-state index < -0.39 is 18.2 Å². The van der Waals surface area contributed by atoms with Crippen molar-refractivity contribution in [2.24, 2.45) is 0 Å². The molecule has 1 aromatic carbocycles. The van der Waals surface area contributed by atoms with Crippen molar-refractivity contribution in [1.82, 2.24) is 0 Å². The van der Waals surface area contributed by atoms with Crippen LogP contribution in [0.4, 0.5) is 13.2 Å². The number of halogens is 3. The van der Waals surface area contributed by atoms with E-state index in [4.69, 9.17) is 9.47 Å². The van der Waals surface area contributed by atoms with Gasteiger partial charge in [0.15, 0.2) is 0 Å². The standard InChI is InChI=1S/C13H17F3O2/c1-4-18-11-7-5-10(6-8-11)12(2,17-3)9-13(14,15)16/h5-8H,4,9H2,1-3H3. The Hall–Kier alpha value is -1.23. The van der Waals surface area contributed by atoms with Gasteiger partial charge in [-0.2, -0.15) is 13.2 Å². The van der Waals surface area contributed by atoms with E-state index in [-0.39, 0.29) is 0 Å². The zero-order valence-corrected chi connectivity index (χ0v) is 10.7. The first kappa shape index (κ1) is 14.8. The molecule has 1 unspecified atom stereocenters. The van der Waals surface area contributed by atoms with Crippen LogP contribution in [0.3, 0.4) is 0 Å². The second-order valence-corrected chi connectivity index (χ2v) is 4.18. The van der Waals surface area contributed by atoms with Gasteiger partial charge in [0, 0.05) is 7.11 Å². The van der Waals surface area contributed by atoms with Crippen LogP contribution in [0.2, 0.25) is 0 Å². The molecular formula is C13H17F3O2. The Kier molecular flexibility index (Phi) is 4.62. The summed E-state index contributed by atoms with van der Waals surface area (Å²) in [7, 11) is 1.28. The van der Waals surface area contributed by atoms with Crippen molar-refractivity contribution in [2.75, 3.05) is 13.7 Å². The first-order valence-corrected chi connectivity index (χ1v) is 5.66. The van der Waals surface area contributed by atoms with Gasteiger partial charge in [-0.15, -0.1) is 0 Å². The third-order valence-electron chi connectivity index (χ3n) is 2.76. The normalized spacial score (nSPS) is 15.2. The molecule has 1 atom stereocenters. The molecule has 0 saturated heterocycles. The summed E-state index contributed by atoms with van der Waals surface area (Å²) < 4.78 is 47.8. The Morgan fingerprint density at radius 3 is 2.06 bits per heavy atom. The highest BCUT2D eigenvalue weighted by Crippen LogP contribution is 2.37. The number of methoxy groups -OCH3 is 1. The maximum Gasteiger partial charge on any atom is 0.392 e. The molecule has 0 saturated carbocycles. The molecule has 1 aromatic rings. The average Bonchev–Trinajstić information content (AvgIpc) is 2.28. The molecule has 0 fully saturated rings. The van der Waals surface area contributed by atoms with E-state index in [1.54, 1.807) is 24.3 Å². The lowest BCUT2D eigenvalue weighted by atomic mass is 9.92. The molecule has 0 bridgehead atoms. The van der Waals surface area contributed by atoms with E-state index in [2.05, 4.69) is 0 Å². The fourth-order valence-corrected chi connectivity index (χ4v) is 1.74. The van der Waals surface area contributed by atoms with E-state index in [9.17, 15) is 13.2 Å². The molecule has 2 nitrogen and oxygen atoms in total. The van der Waals surface area contributed by atoms with Gasteiger partial charge < -0.3 is 9.47 Å². The van der Waals surface area contributed by atoms with Crippen molar-refractivity contribution in [1.29, 1.82) is 0 Å². The van der Waals surface area contributed by atoms with Gasteiger partial charge in [-0.1, -0.05) is 12.1 Å². The van der Waals surface area contributed by atoms with E-state index in [0.29, 0.717) is 17.9 Å². The van der Waals surface area contributed by atoms with Gasteiger partial charge in [-0.3, -0.25) is 0 Å². The van der Waals surface area contributed by atoms with E-state index in [1.165, 1.54) is 14.0 Å². The molecule has 0 aliphatic heterocycles. The van der Waals surface area contributed by atoms with Gasteiger partial charge in [-0.05, 0) is 31.5 Å². The first-order chi connectivity index (χ1) is 8.30. The van der Waals surface area contributed by atoms with Crippen LogP contribution in [0.25, 0.3) is 0 Å². The summed E-state index contributed by atoms with van der Waals surface area (Å²) in [6, 6.07) is 6.49. The lowest BCUT2D eigenvalue weighted by Crippen LogP contribution is -2.31. The number of hydrogen-bond donors (Lipinski definition) is 0. The fourth-order valence-electron chi connectivity index (χ4n) is 1.74. The summed E-state index contributed by atoms with van der Waals surface area (Å²) in [6.07, 6.45) is -5.30. The first-order valence-electron chi connectivity index (χ1n) is 5.66. The molecule has 0 radical (unpaired) electrons. The Labute approximate surface area is 105 Å². The predicted molar refractivity (Wildman–Crippen MR) is 62.6 cm³/mol. The van der Waals surface area contributed by atoms with Crippen LogP contribution in [0.5, 0.6) is 5.75 Å². The zero-order valence-electron chi connectivity index (χ0n) is 10.7. The molecule has 0 heterocycles. The number of rotatable bonds is 5. The van der Waals surface area contributed by atoms with Gasteiger partial charge in [0.2, 0.25) is 0 Å². The molecule has 102 valence electrons. The molecule has 0 aliphatic rings. The minimum Gasteiger partial charge on any atom is -0.494 e. The second-order valence-electron chi connectivity index (χ2n) is 4.18. The highest BCUT2D eigenvalue weighted by Gasteiger charge is 2.40. The van der Waals surface area contributed by atoms with Gasteiger partial charge >= 0.3 is 6.18 Å². The minimum absolute atomic E-state index is 0.478. The van der Waals surface area contributed by atoms with Crippen molar-refractivity contribution in [2.45, 2.75) is 32.0 Å². The molecule has 18 heavy (non-hydrogen) atoms. The number of hydrogen-bond acceptors (Lipinski definition) is 2. The van der Waals surface area contributed by atoms with Crippen molar-refractivity contribution in [3.63, 3.8) is 0 Å². The molecule has 0 amide bonds. The molecular weight excluding hydrogens is 245 g/mol. The van der Waals surface area contributed by atoms with Crippen LogP contribution in [-0.2, 0) is 10.3 Å². The van der Waals surface area contributed by atoms with Crippen molar-refractivity contribution in [3.8, 4) is 5.75 Å². The van der Waals surface area contributed by atoms with Crippen LogP contribution in [-0.4, -0.2) is 19.9 Å². The van der Waals surface area contributed by atoms with Crippen molar-refractivity contribution < 1.29 is 22.6 Å². The Morgan fingerprint density at radius 1 is 1.11 bits per heavy atom. The van der Waals surface area contributed by atoms with Gasteiger partial charge in [-0.25, -0.2) is 0 Å². The minimum atomic E-state index is -4.27. The lowest BCUT2D eigenvalue weighted by Gasteiger charge is -2.29. The molecule has 0 aliphatic carbocycles. The third kappa shape index (κ3) is 3.91. The van der Waals surface area contributed by atoms with Gasteiger partial charge in [0.05, 0.1) is 18.6 Å². The summed E-state index contributed by atoms with van der Waals surface area (Å²) in [5, 5.41) is 0. The molecule has 0 N–H and O–H groups in total. The molecule has 1 rings (SSSR count). The second kappa shape index (κ2) is 5.61. The van der Waals surface area contributed by atoms with Crippen molar-refractivity contribution in [3.05, 3.63) is 29.8 Å². The number of benzene rings is 1. The SMILES string of the molecule is CCOc1ccc(C(C)(CC(F)(F)F)OC)cc1. The van der Waals surface area contributed by atoms with E-state index in [1.807, 2.05) is 6.92 Å². The Balaban J connectivity index is 2.94. The maximum atomic E-state index is 12.5. The van der Waals surface area contributed by atoms with Crippen molar-refractivity contribution >= 4 is 0 Å². The fraction of sp³-hybridized carbons (Fsp3) is 0.538. The Morgan fingerprint density at radius 2 is 1.67 bits per heavy atom. The molecule has 5 heteroatoms. The number of ether oxygens (including phenoxy) is 2. The highest BCUT2D eigenvalue weighted by molar-refractivity contribution is 5.30.